The van der Waals surface area contributed by atoms with Crippen LogP contribution in [0.15, 0.2) is 60.9 Å². The number of hydrogen-bond donors (Lipinski definition) is 2. The largest absolute Gasteiger partial charge is 0.421 e. The molecule has 0 bridgehead atoms. The Morgan fingerprint density at radius 2 is 1.76 bits per heavy atom. The van der Waals surface area contributed by atoms with Crippen LogP contribution in [-0.4, -0.2) is 30.2 Å². The summed E-state index contributed by atoms with van der Waals surface area (Å²) in [5, 5.41) is 11.4. The van der Waals surface area contributed by atoms with Crippen molar-refractivity contribution in [2.75, 3.05) is 0 Å². The number of alkyl halides is 3. The maximum atomic E-state index is 13.5. The molecule has 0 amide bonds. The van der Waals surface area contributed by atoms with Gasteiger partial charge in [-0.05, 0) is 69.0 Å². The summed E-state index contributed by atoms with van der Waals surface area (Å²) < 4.78 is 56.8. The zero-order valence-electron chi connectivity index (χ0n) is 20.4. The van der Waals surface area contributed by atoms with Gasteiger partial charge in [0.25, 0.3) is 0 Å². The lowest BCUT2D eigenvalue weighted by Crippen LogP contribution is -2.39. The van der Waals surface area contributed by atoms with Gasteiger partial charge in [0.05, 0.1) is 38.2 Å². The number of nitrogens with one attached hydrogen (secondary N) is 1. The highest BCUT2D eigenvalue weighted by molar-refractivity contribution is 7.84. The molecule has 0 saturated carbocycles. The lowest BCUT2D eigenvalue weighted by Gasteiger charge is -2.26. The number of rotatable bonds is 6. The number of fused-ring (bicyclic) bond motifs is 1. The highest BCUT2D eigenvalue weighted by atomic mass is 35.5. The molecular weight excluding hydrogens is 543 g/mol. The average molecular weight is 568 g/mol. The molecule has 0 aliphatic carbocycles. The lowest BCUT2D eigenvalue weighted by atomic mass is 9.94. The minimum Gasteiger partial charge on any atom is -0.376 e. The van der Waals surface area contributed by atoms with Crippen LogP contribution in [-0.2, 0) is 16.6 Å². The number of benzene rings is 1. The Bertz CT molecular complexity index is 1470. The second-order valence-electron chi connectivity index (χ2n) is 9.67. The Kier molecular flexibility index (Phi) is 7.53. The molecule has 0 saturated heterocycles. The van der Waals surface area contributed by atoms with Gasteiger partial charge in [0.1, 0.15) is 0 Å². The van der Waals surface area contributed by atoms with Crippen molar-refractivity contribution in [1.29, 1.82) is 0 Å². The summed E-state index contributed by atoms with van der Waals surface area (Å²) in [5.74, 6) is 0. The van der Waals surface area contributed by atoms with Gasteiger partial charge in [0.15, 0.2) is 5.60 Å². The third kappa shape index (κ3) is 5.58. The van der Waals surface area contributed by atoms with E-state index in [1.54, 1.807) is 30.5 Å². The van der Waals surface area contributed by atoms with Crippen LogP contribution >= 0.6 is 22.9 Å². The van der Waals surface area contributed by atoms with Gasteiger partial charge in [-0.3, -0.25) is 9.97 Å². The second kappa shape index (κ2) is 10.1. The smallest absolute Gasteiger partial charge is 0.376 e. The van der Waals surface area contributed by atoms with Crippen molar-refractivity contribution in [2.24, 2.45) is 0 Å². The van der Waals surface area contributed by atoms with E-state index in [1.165, 1.54) is 23.6 Å². The molecule has 0 aliphatic heterocycles. The van der Waals surface area contributed by atoms with Crippen molar-refractivity contribution in [1.82, 2.24) is 14.7 Å². The molecule has 3 aromatic heterocycles. The molecule has 4 rings (SSSR count). The molecule has 2 N–H and O–H groups in total. The van der Waals surface area contributed by atoms with E-state index in [1.807, 2.05) is 32.9 Å². The van der Waals surface area contributed by atoms with Gasteiger partial charge in [0, 0.05) is 27.5 Å². The number of pyridine rings is 2. The molecule has 4 aromatic rings. The van der Waals surface area contributed by atoms with Crippen LogP contribution < -0.4 is 4.72 Å². The predicted octanol–water partition coefficient (Wildman–Crippen LogP) is 6.92. The van der Waals surface area contributed by atoms with Crippen LogP contribution in [0.4, 0.5) is 13.2 Å². The van der Waals surface area contributed by atoms with Crippen molar-refractivity contribution in [2.45, 2.75) is 50.3 Å². The second-order valence-corrected chi connectivity index (χ2v) is 13.2. The molecule has 37 heavy (non-hydrogen) atoms. The van der Waals surface area contributed by atoms with E-state index in [9.17, 15) is 22.5 Å². The predicted molar refractivity (Wildman–Crippen MR) is 143 cm³/mol. The third-order valence-electron chi connectivity index (χ3n) is 5.84. The Morgan fingerprint density at radius 1 is 1.03 bits per heavy atom. The third-order valence-corrected chi connectivity index (χ3v) is 8.97. The molecule has 11 heteroatoms. The van der Waals surface area contributed by atoms with E-state index in [4.69, 9.17) is 11.6 Å². The van der Waals surface area contributed by atoms with E-state index in [0.29, 0.717) is 22.0 Å². The number of nitrogens with zero attached hydrogens (tertiary/aromatic N) is 2. The van der Waals surface area contributed by atoms with Gasteiger partial charge in [-0.2, -0.15) is 13.2 Å². The monoisotopic (exact) mass is 567 g/mol. The molecule has 3 atom stereocenters. The minimum absolute atomic E-state index is 0.291. The Hall–Kier alpha value is -2.37. The van der Waals surface area contributed by atoms with Gasteiger partial charge in [0.2, 0.25) is 0 Å². The Balaban J connectivity index is 1.84. The molecule has 196 valence electrons. The van der Waals surface area contributed by atoms with Gasteiger partial charge >= 0.3 is 6.18 Å². The molecule has 5 nitrogen and oxygen atoms in total. The van der Waals surface area contributed by atoms with E-state index >= 15 is 0 Å². The zero-order valence-corrected chi connectivity index (χ0v) is 22.8. The molecule has 0 radical (unpaired) electrons. The van der Waals surface area contributed by atoms with Crippen molar-refractivity contribution in [3.63, 3.8) is 0 Å². The van der Waals surface area contributed by atoms with E-state index in [-0.39, 0.29) is 5.56 Å². The topological polar surface area (TPSA) is 75.1 Å². The summed E-state index contributed by atoms with van der Waals surface area (Å²) in [6, 6.07) is 12.6. The molecule has 0 aliphatic rings. The van der Waals surface area contributed by atoms with Crippen molar-refractivity contribution >= 4 is 44.0 Å². The fourth-order valence-corrected chi connectivity index (χ4v) is 5.96. The molecule has 0 spiro atoms. The number of aliphatic hydroxyl groups is 1. The van der Waals surface area contributed by atoms with E-state index in [2.05, 4.69) is 14.7 Å². The van der Waals surface area contributed by atoms with E-state index in [0.717, 1.165) is 28.0 Å². The van der Waals surface area contributed by atoms with Crippen LogP contribution in [0.25, 0.3) is 21.3 Å². The average Bonchev–Trinajstić information content (AvgIpc) is 3.26. The van der Waals surface area contributed by atoms with Crippen LogP contribution in [0, 0.1) is 0 Å². The SMILES string of the molecule is CC(C)(C)S(=O)N[C@@H](c1cc2cccc(-c3cc([C@@](C)(O)C(F)(F)F)ccn3)c2s1)c1ncccc1Cl. The van der Waals surface area contributed by atoms with Crippen molar-refractivity contribution in [3.8, 4) is 11.3 Å². The fourth-order valence-electron chi connectivity index (χ4n) is 3.61. The van der Waals surface area contributed by atoms with Gasteiger partial charge < -0.3 is 5.11 Å². The first-order valence-electron chi connectivity index (χ1n) is 11.3. The minimum atomic E-state index is -4.85. The quantitative estimate of drug-likeness (QED) is 0.265. The maximum absolute atomic E-state index is 13.5. The first-order chi connectivity index (χ1) is 17.2. The highest BCUT2D eigenvalue weighted by Crippen LogP contribution is 2.42. The molecule has 0 fully saturated rings. The highest BCUT2D eigenvalue weighted by Gasteiger charge is 2.51. The standard InChI is InChI=1S/C26H25ClF3N3O2S2/c1-24(2,3)37(35)33-22(21-18(27)9-6-11-32-21)20-13-15-7-5-8-17(23(15)36-20)19-14-16(10-12-31-19)25(4,34)26(28,29)30/h5-14,22,33-34H,1-4H3/t22-,25+,37?/m0/s1. The normalized spacial score (nSPS) is 15.9. The summed E-state index contributed by atoms with van der Waals surface area (Å²) >= 11 is 7.85. The summed E-state index contributed by atoms with van der Waals surface area (Å²) in [6.45, 7) is 6.28. The zero-order chi connectivity index (χ0) is 27.2. The lowest BCUT2D eigenvalue weighted by molar-refractivity contribution is -0.258. The van der Waals surface area contributed by atoms with Crippen molar-refractivity contribution < 1.29 is 22.5 Å². The summed E-state index contributed by atoms with van der Waals surface area (Å²) in [6.07, 6.45) is -1.99. The van der Waals surface area contributed by atoms with E-state index < -0.39 is 33.6 Å². The summed E-state index contributed by atoms with van der Waals surface area (Å²) in [7, 11) is -1.45. The summed E-state index contributed by atoms with van der Waals surface area (Å²) in [4.78, 5) is 9.50. The van der Waals surface area contributed by atoms with Crippen LogP contribution in [0.5, 0.6) is 0 Å². The Morgan fingerprint density at radius 3 is 2.41 bits per heavy atom. The van der Waals surface area contributed by atoms with Gasteiger partial charge in [-0.15, -0.1) is 11.3 Å². The molecule has 1 aromatic carbocycles. The summed E-state index contributed by atoms with van der Waals surface area (Å²) in [5.41, 5.74) is -1.92. The number of halogens is 4. The molecule has 3 heterocycles. The number of aromatic nitrogens is 2. The van der Waals surface area contributed by atoms with Gasteiger partial charge in [-0.25, -0.2) is 8.93 Å². The van der Waals surface area contributed by atoms with Crippen LogP contribution in [0.1, 0.15) is 49.9 Å². The van der Waals surface area contributed by atoms with Crippen LogP contribution in [0.2, 0.25) is 5.02 Å². The number of thiophene rings is 1. The Labute approximate surface area is 224 Å². The van der Waals surface area contributed by atoms with Crippen LogP contribution in [0.3, 0.4) is 0 Å². The molecular formula is C26H25ClF3N3O2S2. The first kappa shape index (κ1) is 27.7. The molecule has 1 unspecified atom stereocenters. The number of hydrogen-bond acceptors (Lipinski definition) is 5. The first-order valence-corrected chi connectivity index (χ1v) is 13.6. The van der Waals surface area contributed by atoms with Gasteiger partial charge in [-0.1, -0.05) is 29.8 Å². The maximum Gasteiger partial charge on any atom is 0.421 e. The van der Waals surface area contributed by atoms with Crippen molar-refractivity contribution in [3.05, 3.63) is 82.1 Å². The fraction of sp³-hybridized carbons (Fsp3) is 0.308.